The summed E-state index contributed by atoms with van der Waals surface area (Å²) in [5.74, 6) is -1.22. The lowest BCUT2D eigenvalue weighted by molar-refractivity contribution is -0.163. The molecular weight excluding hydrogens is 288 g/mol. The van der Waals surface area contributed by atoms with Gasteiger partial charge in [-0.1, -0.05) is 6.42 Å². The molecule has 0 radical (unpaired) electrons. The van der Waals surface area contributed by atoms with Gasteiger partial charge in [0.05, 0.1) is 6.61 Å². The Bertz CT molecular complexity index is 419. The monoisotopic (exact) mass is 314 g/mol. The van der Waals surface area contributed by atoms with Gasteiger partial charge in [-0.2, -0.15) is 0 Å². The first-order valence-electron chi connectivity index (χ1n) is 7.83. The number of hydrogen-bond donors (Lipinski definition) is 0. The molecular formula is C16H26O6. The zero-order chi connectivity index (χ0) is 16.3. The molecule has 6 nitrogen and oxygen atoms in total. The van der Waals surface area contributed by atoms with Crippen LogP contribution in [-0.2, 0) is 28.5 Å². The molecule has 0 spiro atoms. The maximum Gasteiger partial charge on any atom is 0.195 e. The van der Waals surface area contributed by atoms with Crippen LogP contribution in [0.1, 0.15) is 39.5 Å². The summed E-state index contributed by atoms with van der Waals surface area (Å²) in [6.07, 6.45) is 1.14. The molecule has 0 N–H and O–H groups in total. The minimum Gasteiger partial charge on any atom is -0.382 e. The Labute approximate surface area is 131 Å². The summed E-state index contributed by atoms with van der Waals surface area (Å²) >= 11 is 0. The number of carbonyl (C=O) groups excluding carboxylic acids is 2. The Morgan fingerprint density at radius 3 is 2.64 bits per heavy atom. The molecule has 1 heterocycles. The minimum atomic E-state index is -0.881. The fourth-order valence-electron chi connectivity index (χ4n) is 3.26. The quantitative estimate of drug-likeness (QED) is 0.740. The molecule has 2 fully saturated rings. The van der Waals surface area contributed by atoms with Crippen molar-refractivity contribution in [3.05, 3.63) is 0 Å². The van der Waals surface area contributed by atoms with Gasteiger partial charge in [-0.25, -0.2) is 0 Å². The van der Waals surface area contributed by atoms with Gasteiger partial charge >= 0.3 is 0 Å². The normalized spacial score (nSPS) is 32.9. The van der Waals surface area contributed by atoms with Crippen molar-refractivity contribution in [1.82, 2.24) is 0 Å². The molecule has 126 valence electrons. The van der Waals surface area contributed by atoms with Gasteiger partial charge in [-0.3, -0.25) is 9.59 Å². The van der Waals surface area contributed by atoms with E-state index in [1.807, 2.05) is 0 Å². The van der Waals surface area contributed by atoms with Crippen molar-refractivity contribution >= 4 is 11.6 Å². The van der Waals surface area contributed by atoms with Gasteiger partial charge in [0, 0.05) is 26.6 Å². The van der Waals surface area contributed by atoms with Crippen LogP contribution in [-0.4, -0.2) is 56.5 Å². The molecule has 1 aliphatic carbocycles. The van der Waals surface area contributed by atoms with Gasteiger partial charge in [-0.15, -0.1) is 0 Å². The standard InChI is InChI=1S/C16H26O6/c1-16(2)21-14(10-7-5-6-8-11(10)17)15(22-16)13(18)12(20-4)9-19-3/h10,12,14-15H,5-9H2,1-4H3/t10?,12-,14+,15+/m1/s1. The molecule has 0 amide bonds. The largest absolute Gasteiger partial charge is 0.382 e. The topological polar surface area (TPSA) is 71.1 Å². The molecule has 4 atom stereocenters. The van der Waals surface area contributed by atoms with Crippen molar-refractivity contribution in [1.29, 1.82) is 0 Å². The van der Waals surface area contributed by atoms with Crippen molar-refractivity contribution in [3.63, 3.8) is 0 Å². The molecule has 1 aliphatic heterocycles. The van der Waals surface area contributed by atoms with Crippen molar-refractivity contribution in [2.24, 2.45) is 5.92 Å². The summed E-state index contributed by atoms with van der Waals surface area (Å²) in [5, 5.41) is 0. The van der Waals surface area contributed by atoms with Crippen molar-refractivity contribution < 1.29 is 28.5 Å². The highest BCUT2D eigenvalue weighted by Crippen LogP contribution is 2.37. The van der Waals surface area contributed by atoms with Gasteiger partial charge in [0.15, 0.2) is 11.6 Å². The van der Waals surface area contributed by atoms with E-state index in [1.54, 1.807) is 13.8 Å². The molecule has 1 unspecified atom stereocenters. The number of ether oxygens (including phenoxy) is 4. The highest BCUT2D eigenvalue weighted by molar-refractivity contribution is 5.90. The van der Waals surface area contributed by atoms with E-state index in [2.05, 4.69) is 0 Å². The summed E-state index contributed by atoms with van der Waals surface area (Å²) in [6.45, 7) is 3.68. The molecule has 0 aromatic heterocycles. The zero-order valence-electron chi connectivity index (χ0n) is 13.8. The molecule has 22 heavy (non-hydrogen) atoms. The fraction of sp³-hybridized carbons (Fsp3) is 0.875. The lowest BCUT2D eigenvalue weighted by atomic mass is 9.81. The van der Waals surface area contributed by atoms with E-state index in [0.29, 0.717) is 6.42 Å². The maximum absolute atomic E-state index is 12.7. The Balaban J connectivity index is 2.18. The van der Waals surface area contributed by atoms with Crippen LogP contribution < -0.4 is 0 Å². The van der Waals surface area contributed by atoms with Crippen molar-refractivity contribution in [2.75, 3.05) is 20.8 Å². The van der Waals surface area contributed by atoms with Crippen LogP contribution in [0.5, 0.6) is 0 Å². The van der Waals surface area contributed by atoms with E-state index < -0.39 is 24.1 Å². The smallest absolute Gasteiger partial charge is 0.195 e. The van der Waals surface area contributed by atoms with Crippen LogP contribution in [0.25, 0.3) is 0 Å². The first-order chi connectivity index (χ1) is 10.4. The summed E-state index contributed by atoms with van der Waals surface area (Å²) in [5.41, 5.74) is 0. The van der Waals surface area contributed by atoms with Crippen LogP contribution in [0, 0.1) is 5.92 Å². The number of Topliss-reactive ketones (excluding diaryl/α,β-unsaturated/α-hetero) is 2. The predicted octanol–water partition coefficient (Wildman–Crippen LogP) is 1.50. The van der Waals surface area contributed by atoms with Gasteiger partial charge in [0.25, 0.3) is 0 Å². The van der Waals surface area contributed by atoms with E-state index in [0.717, 1.165) is 19.3 Å². The Morgan fingerprint density at radius 2 is 2.05 bits per heavy atom. The van der Waals surface area contributed by atoms with E-state index in [9.17, 15) is 9.59 Å². The minimum absolute atomic E-state index is 0.154. The number of methoxy groups -OCH3 is 2. The van der Waals surface area contributed by atoms with Crippen molar-refractivity contribution in [2.45, 2.75) is 63.6 Å². The second-order valence-electron chi connectivity index (χ2n) is 6.42. The summed E-state index contributed by atoms with van der Waals surface area (Å²) < 4.78 is 21.9. The zero-order valence-corrected chi connectivity index (χ0v) is 13.8. The third kappa shape index (κ3) is 3.74. The number of carbonyl (C=O) groups is 2. The van der Waals surface area contributed by atoms with Crippen LogP contribution >= 0.6 is 0 Å². The Hall–Kier alpha value is -0.820. The Morgan fingerprint density at radius 1 is 1.32 bits per heavy atom. The molecule has 0 bridgehead atoms. The average molecular weight is 314 g/mol. The highest BCUT2D eigenvalue weighted by Gasteiger charge is 2.51. The van der Waals surface area contributed by atoms with E-state index >= 15 is 0 Å². The second-order valence-corrected chi connectivity index (χ2v) is 6.42. The fourth-order valence-corrected chi connectivity index (χ4v) is 3.26. The molecule has 1 saturated heterocycles. The number of rotatable bonds is 6. The number of ketones is 2. The summed E-state index contributed by atoms with van der Waals surface area (Å²) in [6, 6.07) is 0. The molecule has 1 saturated carbocycles. The summed E-state index contributed by atoms with van der Waals surface area (Å²) in [7, 11) is 2.97. The maximum atomic E-state index is 12.7. The Kier molecular flexibility index (Phi) is 5.71. The lowest BCUT2D eigenvalue weighted by Crippen LogP contribution is -2.46. The van der Waals surface area contributed by atoms with E-state index in [4.69, 9.17) is 18.9 Å². The van der Waals surface area contributed by atoms with E-state index in [-0.39, 0.29) is 24.1 Å². The third-order valence-corrected chi connectivity index (χ3v) is 4.33. The average Bonchev–Trinajstić information content (AvgIpc) is 2.80. The first kappa shape index (κ1) is 17.5. The van der Waals surface area contributed by atoms with Crippen LogP contribution in [0.15, 0.2) is 0 Å². The van der Waals surface area contributed by atoms with E-state index in [1.165, 1.54) is 14.2 Å². The summed E-state index contributed by atoms with van der Waals surface area (Å²) in [4.78, 5) is 24.9. The second kappa shape index (κ2) is 7.17. The van der Waals surface area contributed by atoms with Crippen LogP contribution in [0.3, 0.4) is 0 Å². The predicted molar refractivity (Wildman–Crippen MR) is 78.5 cm³/mol. The molecule has 0 aromatic rings. The van der Waals surface area contributed by atoms with Gasteiger partial charge in [0.2, 0.25) is 0 Å². The highest BCUT2D eigenvalue weighted by atomic mass is 16.8. The lowest BCUT2D eigenvalue weighted by Gasteiger charge is -2.29. The first-order valence-corrected chi connectivity index (χ1v) is 7.83. The van der Waals surface area contributed by atoms with Crippen molar-refractivity contribution in [3.8, 4) is 0 Å². The molecule has 2 rings (SSSR count). The molecule has 0 aromatic carbocycles. The van der Waals surface area contributed by atoms with Gasteiger partial charge in [-0.05, 0) is 26.7 Å². The SMILES string of the molecule is COC[C@@H](OC)C(=O)[C@@H]1OC(C)(C)O[C@H]1C1CCCCC1=O. The van der Waals surface area contributed by atoms with Gasteiger partial charge in [0.1, 0.15) is 24.1 Å². The third-order valence-electron chi connectivity index (χ3n) is 4.33. The molecule has 6 heteroatoms. The van der Waals surface area contributed by atoms with Crippen LogP contribution in [0.2, 0.25) is 0 Å². The van der Waals surface area contributed by atoms with Crippen LogP contribution in [0.4, 0.5) is 0 Å². The molecule has 2 aliphatic rings. The number of hydrogen-bond acceptors (Lipinski definition) is 6. The van der Waals surface area contributed by atoms with Gasteiger partial charge < -0.3 is 18.9 Å².